The zero-order valence-corrected chi connectivity index (χ0v) is 16.9. The van der Waals surface area contributed by atoms with Crippen molar-refractivity contribution in [3.8, 4) is 0 Å². The molecule has 0 aliphatic heterocycles. The molecule has 4 bridgehead atoms. The molecule has 1 aromatic rings. The molecule has 142 valence electrons. The fraction of sp³-hybridized carbons (Fsp3) is 0.727. The predicted molar refractivity (Wildman–Crippen MR) is 108 cm³/mol. The number of nitrogens with one attached hydrogen (secondary N) is 1. The lowest BCUT2D eigenvalue weighted by Gasteiger charge is -2.56. The van der Waals surface area contributed by atoms with E-state index in [9.17, 15) is 4.79 Å². The van der Waals surface area contributed by atoms with Gasteiger partial charge < -0.3 is 5.32 Å². The first-order chi connectivity index (χ1) is 12.5. The van der Waals surface area contributed by atoms with Crippen LogP contribution in [0.2, 0.25) is 0 Å². The van der Waals surface area contributed by atoms with E-state index in [1.807, 2.05) is 24.0 Å². The average Bonchev–Trinajstić information content (AvgIpc) is 2.59. The highest BCUT2D eigenvalue weighted by Gasteiger charge is 2.51. The van der Waals surface area contributed by atoms with Crippen LogP contribution in [0.5, 0.6) is 0 Å². The van der Waals surface area contributed by atoms with E-state index in [0.29, 0.717) is 16.4 Å². The summed E-state index contributed by atoms with van der Waals surface area (Å²) in [6.45, 7) is 4.42. The van der Waals surface area contributed by atoms with Gasteiger partial charge in [0.05, 0.1) is 11.8 Å². The van der Waals surface area contributed by atoms with Crippen LogP contribution in [0.25, 0.3) is 0 Å². The summed E-state index contributed by atoms with van der Waals surface area (Å²) in [7, 11) is 0. The highest BCUT2D eigenvalue weighted by molar-refractivity contribution is 8.01. The van der Waals surface area contributed by atoms with Crippen molar-refractivity contribution in [3.05, 3.63) is 30.1 Å². The van der Waals surface area contributed by atoms with E-state index < -0.39 is 0 Å². The molecule has 1 amide bonds. The Hall–Kier alpha value is -1.03. The minimum Gasteiger partial charge on any atom is -0.349 e. The standard InChI is InChI=1S/C22H32N2OS/c1-15(2)6-20(19-4-3-5-23-13-19)24-21(25)14-26-22-10-16-7-17(11-22)9-18(8-16)12-22/h3-5,13,15-18,20H,6-12,14H2,1-2H3,(H,24,25)/t16?,17?,18?,20-,22?/m1/s1. The minimum absolute atomic E-state index is 0.0770. The van der Waals surface area contributed by atoms with E-state index in [-0.39, 0.29) is 11.9 Å². The number of thioether (sulfide) groups is 1. The van der Waals surface area contributed by atoms with Crippen molar-refractivity contribution in [2.24, 2.45) is 23.7 Å². The lowest BCUT2D eigenvalue weighted by Crippen LogP contribution is -2.49. The number of hydrogen-bond acceptors (Lipinski definition) is 3. The van der Waals surface area contributed by atoms with Crippen molar-refractivity contribution in [3.63, 3.8) is 0 Å². The smallest absolute Gasteiger partial charge is 0.230 e. The van der Waals surface area contributed by atoms with Gasteiger partial charge in [-0.05, 0) is 80.2 Å². The molecule has 0 saturated heterocycles. The maximum atomic E-state index is 12.7. The number of pyridine rings is 1. The van der Waals surface area contributed by atoms with E-state index in [1.54, 1.807) is 6.20 Å². The maximum Gasteiger partial charge on any atom is 0.230 e. The van der Waals surface area contributed by atoms with Gasteiger partial charge in [0.25, 0.3) is 0 Å². The van der Waals surface area contributed by atoms with Crippen molar-refractivity contribution in [2.45, 2.75) is 69.6 Å². The third kappa shape index (κ3) is 4.11. The summed E-state index contributed by atoms with van der Waals surface area (Å²) < 4.78 is 0.411. The maximum absolute atomic E-state index is 12.7. The van der Waals surface area contributed by atoms with Gasteiger partial charge in [-0.25, -0.2) is 0 Å². The molecular formula is C22H32N2OS. The number of rotatable bonds is 7. The Balaban J connectivity index is 1.35. The molecule has 1 atom stereocenters. The number of carbonyl (C=O) groups excluding carboxylic acids is 1. The molecule has 0 spiro atoms. The minimum atomic E-state index is 0.0770. The molecule has 4 heteroatoms. The van der Waals surface area contributed by atoms with Crippen LogP contribution in [0.1, 0.15) is 70.4 Å². The number of aromatic nitrogens is 1. The number of amides is 1. The summed E-state index contributed by atoms with van der Waals surface area (Å²) in [5.41, 5.74) is 1.12. The van der Waals surface area contributed by atoms with E-state index in [4.69, 9.17) is 0 Å². The van der Waals surface area contributed by atoms with Crippen molar-refractivity contribution >= 4 is 17.7 Å². The summed E-state index contributed by atoms with van der Waals surface area (Å²) >= 11 is 1.97. The van der Waals surface area contributed by atoms with Crippen molar-refractivity contribution in [2.75, 3.05) is 5.75 Å². The molecule has 26 heavy (non-hydrogen) atoms. The molecule has 0 unspecified atom stereocenters. The molecule has 4 saturated carbocycles. The van der Waals surface area contributed by atoms with Crippen LogP contribution in [0, 0.1) is 23.7 Å². The van der Waals surface area contributed by atoms with Crippen LogP contribution in [0.4, 0.5) is 0 Å². The quantitative estimate of drug-likeness (QED) is 0.733. The molecule has 1 heterocycles. The van der Waals surface area contributed by atoms with E-state index in [1.165, 1.54) is 38.5 Å². The van der Waals surface area contributed by atoms with Gasteiger partial charge in [0, 0.05) is 17.1 Å². The zero-order valence-electron chi connectivity index (χ0n) is 16.1. The van der Waals surface area contributed by atoms with Crippen molar-refractivity contribution < 1.29 is 4.79 Å². The normalized spacial score (nSPS) is 33.4. The molecule has 1 aromatic heterocycles. The topological polar surface area (TPSA) is 42.0 Å². The van der Waals surface area contributed by atoms with Crippen LogP contribution in [0.3, 0.4) is 0 Å². The number of nitrogens with zero attached hydrogens (tertiary/aromatic N) is 1. The van der Waals surface area contributed by atoms with E-state index >= 15 is 0 Å². The molecule has 4 aliphatic carbocycles. The lowest BCUT2D eigenvalue weighted by atomic mass is 9.56. The van der Waals surface area contributed by atoms with Crippen LogP contribution in [0.15, 0.2) is 24.5 Å². The Kier molecular flexibility index (Phi) is 5.31. The van der Waals surface area contributed by atoms with Crippen LogP contribution in [-0.2, 0) is 4.79 Å². The Morgan fingerprint density at radius 3 is 2.42 bits per heavy atom. The molecule has 5 rings (SSSR count). The van der Waals surface area contributed by atoms with Crippen LogP contribution >= 0.6 is 11.8 Å². The summed E-state index contributed by atoms with van der Waals surface area (Å²) in [4.78, 5) is 17.0. The molecule has 4 aliphatic rings. The second-order valence-corrected chi connectivity index (χ2v) is 10.9. The molecule has 4 fully saturated rings. The Bertz CT molecular complexity index is 595. The highest BCUT2D eigenvalue weighted by Crippen LogP contribution is 2.60. The van der Waals surface area contributed by atoms with Gasteiger partial charge in [0.1, 0.15) is 0 Å². The van der Waals surface area contributed by atoms with Gasteiger partial charge in [-0.15, -0.1) is 11.8 Å². The second-order valence-electron chi connectivity index (χ2n) is 9.43. The van der Waals surface area contributed by atoms with Gasteiger partial charge >= 0.3 is 0 Å². The summed E-state index contributed by atoms with van der Waals surface area (Å²) in [5.74, 6) is 4.18. The fourth-order valence-corrected chi connectivity index (χ4v) is 7.58. The molecule has 0 radical (unpaired) electrons. The average molecular weight is 373 g/mol. The highest BCUT2D eigenvalue weighted by atomic mass is 32.2. The van der Waals surface area contributed by atoms with E-state index in [0.717, 1.165) is 29.7 Å². The molecule has 0 aromatic carbocycles. The molecule has 3 nitrogen and oxygen atoms in total. The second kappa shape index (κ2) is 7.53. The Labute approximate surface area is 162 Å². The third-order valence-electron chi connectivity index (χ3n) is 6.62. The van der Waals surface area contributed by atoms with Gasteiger partial charge in [-0.3, -0.25) is 9.78 Å². The monoisotopic (exact) mass is 372 g/mol. The first kappa shape index (κ1) is 18.3. The molecular weight excluding hydrogens is 340 g/mol. The van der Waals surface area contributed by atoms with Crippen molar-refractivity contribution in [1.29, 1.82) is 0 Å². The van der Waals surface area contributed by atoms with Crippen LogP contribution in [-0.4, -0.2) is 21.4 Å². The van der Waals surface area contributed by atoms with Crippen molar-refractivity contribution in [1.82, 2.24) is 10.3 Å². The lowest BCUT2D eigenvalue weighted by molar-refractivity contribution is -0.119. The fourth-order valence-electron chi connectivity index (χ4n) is 5.99. The number of hydrogen-bond donors (Lipinski definition) is 1. The van der Waals surface area contributed by atoms with Gasteiger partial charge in [-0.2, -0.15) is 0 Å². The first-order valence-corrected chi connectivity index (χ1v) is 11.3. The first-order valence-electron chi connectivity index (χ1n) is 10.3. The zero-order chi connectivity index (χ0) is 18.1. The third-order valence-corrected chi connectivity index (χ3v) is 8.14. The SMILES string of the molecule is CC(C)C[C@@H](NC(=O)CSC12CC3CC(CC(C3)C1)C2)c1cccnc1. The Morgan fingerprint density at radius 1 is 1.23 bits per heavy atom. The molecule has 1 N–H and O–H groups in total. The van der Waals surface area contributed by atoms with E-state index in [2.05, 4.69) is 30.2 Å². The van der Waals surface area contributed by atoms with Gasteiger partial charge in [-0.1, -0.05) is 19.9 Å². The van der Waals surface area contributed by atoms with Crippen LogP contribution < -0.4 is 5.32 Å². The largest absolute Gasteiger partial charge is 0.349 e. The predicted octanol–water partition coefficient (Wildman–Crippen LogP) is 4.99. The summed E-state index contributed by atoms with van der Waals surface area (Å²) in [6, 6.07) is 4.11. The Morgan fingerprint density at radius 2 is 1.88 bits per heavy atom. The van der Waals surface area contributed by atoms with Gasteiger partial charge in [0.15, 0.2) is 0 Å². The van der Waals surface area contributed by atoms with Gasteiger partial charge in [0.2, 0.25) is 5.91 Å². The summed E-state index contributed by atoms with van der Waals surface area (Å²) in [6.07, 6.45) is 13.1. The number of carbonyl (C=O) groups is 1. The summed E-state index contributed by atoms with van der Waals surface area (Å²) in [5, 5.41) is 3.30.